The number of benzene rings is 2. The van der Waals surface area contributed by atoms with Crippen LogP contribution in [0.2, 0.25) is 5.02 Å². The summed E-state index contributed by atoms with van der Waals surface area (Å²) in [4.78, 5) is 14.4. The van der Waals surface area contributed by atoms with Crippen molar-refractivity contribution in [1.82, 2.24) is 4.90 Å². The fourth-order valence-corrected chi connectivity index (χ4v) is 4.81. The zero-order valence-electron chi connectivity index (χ0n) is 17.9. The molecule has 0 bridgehead atoms. The highest BCUT2D eigenvalue weighted by molar-refractivity contribution is 7.99. The number of esters is 1. The summed E-state index contributed by atoms with van der Waals surface area (Å²) in [5.41, 5.74) is 1.84. The van der Waals surface area contributed by atoms with Crippen molar-refractivity contribution in [3.63, 3.8) is 0 Å². The molecule has 1 fully saturated rings. The van der Waals surface area contributed by atoms with Gasteiger partial charge in [-0.3, -0.25) is 4.79 Å². The van der Waals surface area contributed by atoms with E-state index in [-0.39, 0.29) is 5.97 Å². The van der Waals surface area contributed by atoms with Crippen molar-refractivity contribution in [3.05, 3.63) is 64.7 Å². The molecule has 1 unspecified atom stereocenters. The number of nitrogens with zero attached hydrogens (tertiary/aromatic N) is 1. The number of halogens is 1. The van der Waals surface area contributed by atoms with E-state index in [0.29, 0.717) is 18.3 Å². The highest BCUT2D eigenvalue weighted by Gasteiger charge is 2.23. The van der Waals surface area contributed by atoms with Gasteiger partial charge in [0.25, 0.3) is 0 Å². The van der Waals surface area contributed by atoms with Crippen LogP contribution in [-0.2, 0) is 16.1 Å². The molecule has 162 valence electrons. The molecule has 3 rings (SSSR count). The van der Waals surface area contributed by atoms with E-state index in [1.54, 1.807) is 0 Å². The van der Waals surface area contributed by atoms with Crippen LogP contribution in [0.15, 0.2) is 48.5 Å². The third-order valence-corrected chi connectivity index (χ3v) is 6.42. The Morgan fingerprint density at radius 3 is 2.60 bits per heavy atom. The molecule has 1 saturated heterocycles. The normalized spacial score (nSPS) is 17.5. The SMILES string of the molecule is CC(C)(C)OC(=O)CCN1CCSC(c2ccc(OCc3ccccc3Cl)cc2)C1. The summed E-state index contributed by atoms with van der Waals surface area (Å²) in [7, 11) is 0. The molecule has 4 nitrogen and oxygen atoms in total. The van der Waals surface area contributed by atoms with Gasteiger partial charge in [-0.25, -0.2) is 0 Å². The van der Waals surface area contributed by atoms with Gasteiger partial charge in [0.15, 0.2) is 0 Å². The summed E-state index contributed by atoms with van der Waals surface area (Å²) in [6, 6.07) is 16.0. The van der Waals surface area contributed by atoms with Crippen LogP contribution in [0.3, 0.4) is 0 Å². The molecule has 2 aromatic rings. The number of rotatable bonds is 7. The lowest BCUT2D eigenvalue weighted by Crippen LogP contribution is -2.36. The van der Waals surface area contributed by atoms with Crippen LogP contribution >= 0.6 is 23.4 Å². The van der Waals surface area contributed by atoms with E-state index in [0.717, 1.165) is 41.7 Å². The lowest BCUT2D eigenvalue weighted by molar-refractivity contribution is -0.155. The largest absolute Gasteiger partial charge is 0.489 e. The van der Waals surface area contributed by atoms with Crippen LogP contribution in [0.25, 0.3) is 0 Å². The van der Waals surface area contributed by atoms with E-state index in [1.165, 1.54) is 5.56 Å². The molecule has 1 aliphatic heterocycles. The van der Waals surface area contributed by atoms with E-state index in [1.807, 2.05) is 68.9 Å². The van der Waals surface area contributed by atoms with Crippen molar-refractivity contribution >= 4 is 29.3 Å². The van der Waals surface area contributed by atoms with E-state index in [2.05, 4.69) is 17.0 Å². The molecule has 0 radical (unpaired) electrons. The van der Waals surface area contributed by atoms with Crippen LogP contribution in [0.4, 0.5) is 0 Å². The smallest absolute Gasteiger partial charge is 0.307 e. The quantitative estimate of drug-likeness (QED) is 0.506. The monoisotopic (exact) mass is 447 g/mol. The van der Waals surface area contributed by atoms with Gasteiger partial charge in [-0.2, -0.15) is 11.8 Å². The van der Waals surface area contributed by atoms with Crippen LogP contribution in [0, 0.1) is 0 Å². The van der Waals surface area contributed by atoms with E-state index in [4.69, 9.17) is 21.1 Å². The van der Waals surface area contributed by atoms with Crippen LogP contribution in [-0.4, -0.2) is 41.9 Å². The minimum Gasteiger partial charge on any atom is -0.489 e. The lowest BCUT2D eigenvalue weighted by Gasteiger charge is -2.32. The molecule has 0 N–H and O–H groups in total. The molecule has 0 amide bonds. The molecule has 2 aromatic carbocycles. The zero-order valence-corrected chi connectivity index (χ0v) is 19.5. The van der Waals surface area contributed by atoms with Crippen molar-refractivity contribution in [1.29, 1.82) is 0 Å². The fraction of sp³-hybridized carbons (Fsp3) is 0.458. The molecule has 30 heavy (non-hydrogen) atoms. The Hall–Kier alpha value is -1.69. The summed E-state index contributed by atoms with van der Waals surface area (Å²) >= 11 is 8.16. The Labute approximate surface area is 188 Å². The molecule has 1 atom stereocenters. The maximum Gasteiger partial charge on any atom is 0.307 e. The van der Waals surface area contributed by atoms with Gasteiger partial charge in [-0.05, 0) is 44.5 Å². The van der Waals surface area contributed by atoms with Crippen molar-refractivity contribution in [2.24, 2.45) is 0 Å². The first kappa shape index (κ1) is 23.0. The molecule has 0 saturated carbocycles. The van der Waals surface area contributed by atoms with Gasteiger partial charge in [-0.1, -0.05) is 41.9 Å². The van der Waals surface area contributed by atoms with Crippen molar-refractivity contribution in [3.8, 4) is 5.75 Å². The molecule has 0 spiro atoms. The Morgan fingerprint density at radius 1 is 1.17 bits per heavy atom. The molecule has 1 aliphatic rings. The van der Waals surface area contributed by atoms with Gasteiger partial charge < -0.3 is 14.4 Å². The zero-order chi connectivity index (χ0) is 21.6. The van der Waals surface area contributed by atoms with Gasteiger partial charge in [0, 0.05) is 41.2 Å². The summed E-state index contributed by atoms with van der Waals surface area (Å²) in [5, 5.41) is 1.12. The second-order valence-corrected chi connectivity index (χ2v) is 10.2. The third kappa shape index (κ3) is 7.22. The topological polar surface area (TPSA) is 38.8 Å². The molecule has 0 aromatic heterocycles. The lowest BCUT2D eigenvalue weighted by atomic mass is 10.1. The van der Waals surface area contributed by atoms with Gasteiger partial charge in [-0.15, -0.1) is 0 Å². The first-order valence-electron chi connectivity index (χ1n) is 10.3. The number of thioether (sulfide) groups is 1. The van der Waals surface area contributed by atoms with Crippen LogP contribution in [0.5, 0.6) is 5.75 Å². The van der Waals surface area contributed by atoms with Crippen LogP contribution in [0.1, 0.15) is 43.6 Å². The van der Waals surface area contributed by atoms with Gasteiger partial charge in [0.2, 0.25) is 0 Å². The van der Waals surface area contributed by atoms with Gasteiger partial charge in [0.05, 0.1) is 6.42 Å². The number of hydrogen-bond donors (Lipinski definition) is 0. The predicted octanol–water partition coefficient (Wildman–Crippen LogP) is 5.74. The molecule has 0 aliphatic carbocycles. The second kappa shape index (κ2) is 10.6. The van der Waals surface area contributed by atoms with Crippen molar-refractivity contribution in [2.45, 2.75) is 44.6 Å². The van der Waals surface area contributed by atoms with E-state index in [9.17, 15) is 4.79 Å². The van der Waals surface area contributed by atoms with Crippen molar-refractivity contribution in [2.75, 3.05) is 25.4 Å². The van der Waals surface area contributed by atoms with Gasteiger partial charge in [0.1, 0.15) is 18.0 Å². The Morgan fingerprint density at radius 2 is 1.90 bits per heavy atom. The fourth-order valence-electron chi connectivity index (χ4n) is 3.30. The summed E-state index contributed by atoms with van der Waals surface area (Å²) in [5.74, 6) is 1.77. The number of ether oxygens (including phenoxy) is 2. The average molecular weight is 448 g/mol. The summed E-state index contributed by atoms with van der Waals surface area (Å²) in [6.07, 6.45) is 0.434. The number of hydrogen-bond acceptors (Lipinski definition) is 5. The van der Waals surface area contributed by atoms with Crippen LogP contribution < -0.4 is 4.74 Å². The first-order chi connectivity index (χ1) is 14.3. The molecule has 6 heteroatoms. The summed E-state index contributed by atoms with van der Waals surface area (Å²) < 4.78 is 11.3. The standard InChI is InChI=1S/C24H30ClNO3S/c1-24(2,3)29-23(27)12-13-26-14-15-30-22(16-26)18-8-10-20(11-9-18)28-17-19-6-4-5-7-21(19)25/h4-11,22H,12-17H2,1-3H3. The Bertz CT molecular complexity index is 835. The summed E-state index contributed by atoms with van der Waals surface area (Å²) in [6.45, 7) is 8.85. The molecule has 1 heterocycles. The maximum atomic E-state index is 12.0. The Balaban J connectivity index is 1.49. The predicted molar refractivity (Wildman–Crippen MR) is 124 cm³/mol. The van der Waals surface area contributed by atoms with E-state index >= 15 is 0 Å². The maximum absolute atomic E-state index is 12.0. The van der Waals surface area contributed by atoms with E-state index < -0.39 is 5.60 Å². The minimum atomic E-state index is -0.424. The third-order valence-electron chi connectivity index (χ3n) is 4.81. The first-order valence-corrected chi connectivity index (χ1v) is 11.7. The second-order valence-electron chi connectivity index (χ2n) is 8.45. The number of carbonyl (C=O) groups excluding carboxylic acids is 1. The minimum absolute atomic E-state index is 0.128. The van der Waals surface area contributed by atoms with Crippen molar-refractivity contribution < 1.29 is 14.3 Å². The molecular formula is C24H30ClNO3S. The molecular weight excluding hydrogens is 418 g/mol. The highest BCUT2D eigenvalue weighted by Crippen LogP contribution is 2.34. The average Bonchev–Trinajstić information content (AvgIpc) is 2.71. The van der Waals surface area contributed by atoms with Gasteiger partial charge >= 0.3 is 5.97 Å². The number of carbonyl (C=O) groups is 1. The highest BCUT2D eigenvalue weighted by atomic mass is 35.5. The Kier molecular flexibility index (Phi) is 8.09.